The fraction of sp³-hybridized carbons (Fsp3) is 0.0667. The van der Waals surface area contributed by atoms with E-state index < -0.39 is 11.7 Å². The minimum Gasteiger partial charge on any atom is -0.320 e. The fourth-order valence-electron chi connectivity index (χ4n) is 1.53. The number of pyridine rings is 1. The molecule has 0 atom stereocenters. The number of hydrogen-bond acceptors (Lipinski definition) is 3. The first-order valence-corrected chi connectivity index (χ1v) is 5.92. The third kappa shape index (κ3) is 3.64. The van der Waals surface area contributed by atoms with Crippen molar-refractivity contribution in [2.75, 3.05) is 11.9 Å². The van der Waals surface area contributed by atoms with E-state index >= 15 is 0 Å². The van der Waals surface area contributed by atoms with Crippen LogP contribution in [0.25, 0.3) is 0 Å². The Kier molecular flexibility index (Phi) is 4.43. The number of nitrogens with two attached hydrogens (primary N) is 1. The Morgan fingerprint density at radius 1 is 1.30 bits per heavy atom. The number of nitrogens with zero attached hydrogens (tertiary/aromatic N) is 1. The van der Waals surface area contributed by atoms with Gasteiger partial charge in [-0.1, -0.05) is 18.1 Å². The normalized spacial score (nSPS) is 9.50. The van der Waals surface area contributed by atoms with Crippen LogP contribution in [0.2, 0.25) is 0 Å². The van der Waals surface area contributed by atoms with Gasteiger partial charge in [-0.3, -0.25) is 4.79 Å². The molecule has 0 bridgehead atoms. The first kappa shape index (κ1) is 13.7. The molecular weight excluding hydrogens is 257 g/mol. The van der Waals surface area contributed by atoms with Crippen molar-refractivity contribution in [2.24, 2.45) is 5.73 Å². The monoisotopic (exact) mass is 269 g/mol. The maximum atomic E-state index is 13.0. The van der Waals surface area contributed by atoms with E-state index in [4.69, 9.17) is 5.73 Å². The molecule has 0 aliphatic carbocycles. The Labute approximate surface area is 115 Å². The second-order valence-electron chi connectivity index (χ2n) is 3.88. The van der Waals surface area contributed by atoms with Gasteiger partial charge in [-0.15, -0.1) is 0 Å². The molecule has 3 N–H and O–H groups in total. The van der Waals surface area contributed by atoms with Gasteiger partial charge in [0.25, 0.3) is 5.91 Å². The van der Waals surface area contributed by atoms with Gasteiger partial charge in [0.15, 0.2) is 0 Å². The number of nitrogens with one attached hydrogen (secondary N) is 1. The standard InChI is InChI=1S/C15H12FN3O/c16-12-5-1-4-11(10-12)15(20)19-14-8-2-6-13(18-14)7-3-9-17/h1-2,4-6,8,10H,9,17H2,(H,18,19,20). The summed E-state index contributed by atoms with van der Waals surface area (Å²) in [6.45, 7) is 0.238. The van der Waals surface area contributed by atoms with E-state index in [1.165, 1.54) is 18.2 Å². The number of carbonyl (C=O) groups is 1. The van der Waals surface area contributed by atoms with Crippen molar-refractivity contribution in [3.8, 4) is 11.8 Å². The number of carbonyl (C=O) groups excluding carboxylic acids is 1. The Hall–Kier alpha value is -2.71. The number of rotatable bonds is 2. The summed E-state index contributed by atoms with van der Waals surface area (Å²) >= 11 is 0. The molecular formula is C15H12FN3O. The molecule has 0 spiro atoms. The topological polar surface area (TPSA) is 68.0 Å². The summed E-state index contributed by atoms with van der Waals surface area (Å²) in [5.74, 6) is 4.90. The molecule has 0 aliphatic rings. The Balaban J connectivity index is 2.15. The highest BCUT2D eigenvalue weighted by atomic mass is 19.1. The average molecular weight is 269 g/mol. The highest BCUT2D eigenvalue weighted by molar-refractivity contribution is 6.03. The molecule has 0 saturated carbocycles. The van der Waals surface area contributed by atoms with Crippen LogP contribution in [0.4, 0.5) is 10.2 Å². The molecule has 0 fully saturated rings. The Morgan fingerprint density at radius 3 is 2.85 bits per heavy atom. The number of anilines is 1. The van der Waals surface area contributed by atoms with Crippen molar-refractivity contribution in [3.05, 3.63) is 59.5 Å². The fourth-order valence-corrected chi connectivity index (χ4v) is 1.53. The predicted molar refractivity (Wildman–Crippen MR) is 74.5 cm³/mol. The smallest absolute Gasteiger partial charge is 0.256 e. The second-order valence-corrected chi connectivity index (χ2v) is 3.88. The van der Waals surface area contributed by atoms with Crippen molar-refractivity contribution in [3.63, 3.8) is 0 Å². The lowest BCUT2D eigenvalue weighted by atomic mass is 10.2. The lowest BCUT2D eigenvalue weighted by Crippen LogP contribution is -2.13. The summed E-state index contributed by atoms with van der Waals surface area (Å²) in [5.41, 5.74) is 6.01. The van der Waals surface area contributed by atoms with Crippen molar-refractivity contribution < 1.29 is 9.18 Å². The van der Waals surface area contributed by atoms with Crippen LogP contribution in [0.15, 0.2) is 42.5 Å². The molecule has 5 heteroatoms. The molecule has 0 aliphatic heterocycles. The maximum absolute atomic E-state index is 13.0. The second kappa shape index (κ2) is 6.45. The van der Waals surface area contributed by atoms with Gasteiger partial charge in [0.1, 0.15) is 17.3 Å². The van der Waals surface area contributed by atoms with Crippen LogP contribution in [0, 0.1) is 17.7 Å². The molecule has 1 heterocycles. The largest absolute Gasteiger partial charge is 0.320 e. The third-order valence-electron chi connectivity index (χ3n) is 2.40. The zero-order valence-corrected chi connectivity index (χ0v) is 10.6. The number of hydrogen-bond donors (Lipinski definition) is 2. The van der Waals surface area contributed by atoms with E-state index in [2.05, 4.69) is 22.1 Å². The first-order chi connectivity index (χ1) is 9.69. The Morgan fingerprint density at radius 2 is 2.10 bits per heavy atom. The molecule has 0 saturated heterocycles. The van der Waals surface area contributed by atoms with Gasteiger partial charge in [0.2, 0.25) is 0 Å². The van der Waals surface area contributed by atoms with E-state index in [1.807, 2.05) is 0 Å². The minimum atomic E-state index is -0.465. The minimum absolute atomic E-state index is 0.227. The van der Waals surface area contributed by atoms with Gasteiger partial charge in [-0.05, 0) is 36.3 Å². The summed E-state index contributed by atoms with van der Waals surface area (Å²) in [5, 5.41) is 2.59. The third-order valence-corrected chi connectivity index (χ3v) is 2.40. The summed E-state index contributed by atoms with van der Waals surface area (Å²) in [6, 6.07) is 10.5. The quantitative estimate of drug-likeness (QED) is 0.817. The molecule has 1 aromatic carbocycles. The van der Waals surface area contributed by atoms with E-state index in [0.717, 1.165) is 6.07 Å². The maximum Gasteiger partial charge on any atom is 0.256 e. The van der Waals surface area contributed by atoms with Crippen molar-refractivity contribution in [2.45, 2.75) is 0 Å². The highest BCUT2D eigenvalue weighted by Gasteiger charge is 2.07. The first-order valence-electron chi connectivity index (χ1n) is 5.92. The Bertz CT molecular complexity index is 689. The molecule has 0 unspecified atom stereocenters. The molecule has 100 valence electrons. The lowest BCUT2D eigenvalue weighted by molar-refractivity contribution is 0.102. The van der Waals surface area contributed by atoms with E-state index in [9.17, 15) is 9.18 Å². The summed E-state index contributed by atoms with van der Waals surface area (Å²) in [7, 11) is 0. The van der Waals surface area contributed by atoms with Gasteiger partial charge in [-0.2, -0.15) is 0 Å². The number of halogens is 1. The van der Waals surface area contributed by atoms with Crippen molar-refractivity contribution in [1.82, 2.24) is 4.98 Å². The average Bonchev–Trinajstić information content (AvgIpc) is 2.45. The SMILES string of the molecule is NCC#Cc1cccc(NC(=O)c2cccc(F)c2)n1. The zero-order valence-electron chi connectivity index (χ0n) is 10.6. The van der Waals surface area contributed by atoms with Crippen LogP contribution in [0.1, 0.15) is 16.1 Å². The van der Waals surface area contributed by atoms with Gasteiger partial charge in [-0.25, -0.2) is 9.37 Å². The van der Waals surface area contributed by atoms with Crippen LogP contribution in [-0.2, 0) is 0 Å². The van der Waals surface area contributed by atoms with Gasteiger partial charge >= 0.3 is 0 Å². The number of amides is 1. The van der Waals surface area contributed by atoms with E-state index in [-0.39, 0.29) is 12.1 Å². The summed E-state index contributed by atoms with van der Waals surface area (Å²) < 4.78 is 13.0. The van der Waals surface area contributed by atoms with Crippen LogP contribution in [-0.4, -0.2) is 17.4 Å². The summed E-state index contributed by atoms with van der Waals surface area (Å²) in [6.07, 6.45) is 0. The van der Waals surface area contributed by atoms with Gasteiger partial charge < -0.3 is 11.1 Å². The van der Waals surface area contributed by atoms with Crippen molar-refractivity contribution >= 4 is 11.7 Å². The zero-order chi connectivity index (χ0) is 14.4. The van der Waals surface area contributed by atoms with Crippen LogP contribution in [0.5, 0.6) is 0 Å². The molecule has 2 aromatic rings. The van der Waals surface area contributed by atoms with Gasteiger partial charge in [0, 0.05) is 5.56 Å². The molecule has 1 amide bonds. The molecule has 20 heavy (non-hydrogen) atoms. The molecule has 1 aromatic heterocycles. The molecule has 0 radical (unpaired) electrons. The van der Waals surface area contributed by atoms with Crippen LogP contribution >= 0.6 is 0 Å². The molecule has 4 nitrogen and oxygen atoms in total. The van der Waals surface area contributed by atoms with Crippen molar-refractivity contribution in [1.29, 1.82) is 0 Å². The predicted octanol–water partition coefficient (Wildman–Crippen LogP) is 1.78. The van der Waals surface area contributed by atoms with Crippen LogP contribution < -0.4 is 11.1 Å². The van der Waals surface area contributed by atoms with E-state index in [0.29, 0.717) is 11.5 Å². The summed E-state index contributed by atoms with van der Waals surface area (Å²) in [4.78, 5) is 16.1. The molecule has 2 rings (SSSR count). The van der Waals surface area contributed by atoms with E-state index in [1.54, 1.807) is 18.2 Å². The van der Waals surface area contributed by atoms with Crippen LogP contribution in [0.3, 0.4) is 0 Å². The lowest BCUT2D eigenvalue weighted by Gasteiger charge is -2.04. The number of benzene rings is 1. The van der Waals surface area contributed by atoms with Gasteiger partial charge in [0.05, 0.1) is 6.54 Å². The number of aromatic nitrogens is 1. The highest BCUT2D eigenvalue weighted by Crippen LogP contribution is 2.08.